The maximum Gasteiger partial charge on any atom is 0.306 e. The van der Waals surface area contributed by atoms with E-state index in [-0.39, 0.29) is 12.3 Å². The zero-order valence-electron chi connectivity index (χ0n) is 12.8. The fourth-order valence-corrected chi connectivity index (χ4v) is 1.92. The van der Waals surface area contributed by atoms with Crippen molar-refractivity contribution in [3.05, 3.63) is 0 Å². The number of aliphatic hydroxyl groups excluding tert-OH is 5. The Morgan fingerprint density at radius 2 is 1.50 bits per heavy atom. The summed E-state index contributed by atoms with van der Waals surface area (Å²) in [5, 5.41) is 55.6. The van der Waals surface area contributed by atoms with Crippen LogP contribution in [0.5, 0.6) is 0 Å². The lowest BCUT2D eigenvalue weighted by Crippen LogP contribution is -2.49. The molecule has 0 amide bonds. The molecule has 0 aromatic heterocycles. The first-order valence-electron chi connectivity index (χ1n) is 7.20. The van der Waals surface area contributed by atoms with Crippen LogP contribution in [0.15, 0.2) is 0 Å². The molecule has 4 unspecified atom stereocenters. The maximum atomic E-state index is 11.8. The topological polar surface area (TPSA) is 156 Å². The predicted molar refractivity (Wildman–Crippen MR) is 75.9 cm³/mol. The third-order valence-corrected chi connectivity index (χ3v) is 3.47. The van der Waals surface area contributed by atoms with E-state index in [9.17, 15) is 24.9 Å². The summed E-state index contributed by atoms with van der Waals surface area (Å²) in [6.07, 6.45) is -7.30. The molecule has 8 nitrogen and oxygen atoms in total. The number of rotatable bonds is 11. The second-order valence-electron chi connectivity index (χ2n) is 5.85. The van der Waals surface area contributed by atoms with E-state index in [4.69, 9.17) is 15.3 Å². The lowest BCUT2D eigenvalue weighted by molar-refractivity contribution is -0.152. The van der Waals surface area contributed by atoms with Crippen LogP contribution < -0.4 is 0 Å². The fraction of sp³-hybridized carbons (Fsp3) is 0.857. The van der Waals surface area contributed by atoms with Crippen LogP contribution in [0.4, 0.5) is 0 Å². The highest BCUT2D eigenvalue weighted by Crippen LogP contribution is 2.18. The number of carbonyl (C=O) groups excluding carboxylic acids is 1. The average molecular weight is 322 g/mol. The van der Waals surface area contributed by atoms with Crippen molar-refractivity contribution in [2.45, 2.75) is 57.5 Å². The SMILES string of the molecule is CC(C)CC[C@H](CC(=O)C(O)C(O)C(O)C(O)CO)C(=O)O. The van der Waals surface area contributed by atoms with Crippen LogP contribution in [0.25, 0.3) is 0 Å². The van der Waals surface area contributed by atoms with Gasteiger partial charge in [-0.25, -0.2) is 0 Å². The predicted octanol–water partition coefficient (Wildman–Crippen LogP) is -1.48. The molecule has 0 fully saturated rings. The summed E-state index contributed by atoms with van der Waals surface area (Å²) in [5.41, 5.74) is 0. The Labute approximate surface area is 129 Å². The number of carboxylic acids is 1. The summed E-state index contributed by atoms with van der Waals surface area (Å²) in [6.45, 7) is 2.96. The normalized spacial score (nSPS) is 18.5. The van der Waals surface area contributed by atoms with Gasteiger partial charge in [0.05, 0.1) is 12.5 Å². The van der Waals surface area contributed by atoms with Crippen LogP contribution in [0.2, 0.25) is 0 Å². The van der Waals surface area contributed by atoms with Crippen molar-refractivity contribution in [3.8, 4) is 0 Å². The Morgan fingerprint density at radius 3 is 1.91 bits per heavy atom. The summed E-state index contributed by atoms with van der Waals surface area (Å²) >= 11 is 0. The Balaban J connectivity index is 4.68. The Hall–Kier alpha value is -1.06. The summed E-state index contributed by atoms with van der Waals surface area (Å²) in [6, 6.07) is 0. The van der Waals surface area contributed by atoms with Crippen LogP contribution in [0.1, 0.15) is 33.1 Å². The molecule has 0 aliphatic heterocycles. The first-order chi connectivity index (χ1) is 10.1. The zero-order chi connectivity index (χ0) is 17.4. The summed E-state index contributed by atoms with van der Waals surface area (Å²) in [4.78, 5) is 22.9. The van der Waals surface area contributed by atoms with Crippen LogP contribution in [-0.2, 0) is 9.59 Å². The van der Waals surface area contributed by atoms with Gasteiger partial charge in [-0.05, 0) is 12.3 Å². The van der Waals surface area contributed by atoms with E-state index >= 15 is 0 Å². The largest absolute Gasteiger partial charge is 0.481 e. The van der Waals surface area contributed by atoms with Gasteiger partial charge in [-0.15, -0.1) is 0 Å². The molecule has 0 saturated heterocycles. The number of ketones is 1. The smallest absolute Gasteiger partial charge is 0.306 e. The number of Topliss-reactive ketones (excluding diaryl/α,β-unsaturated/α-hetero) is 1. The van der Waals surface area contributed by atoms with Gasteiger partial charge < -0.3 is 30.6 Å². The highest BCUT2D eigenvalue weighted by Gasteiger charge is 2.35. The quantitative estimate of drug-likeness (QED) is 0.269. The molecule has 22 heavy (non-hydrogen) atoms. The number of carbonyl (C=O) groups is 2. The molecule has 8 heteroatoms. The van der Waals surface area contributed by atoms with Gasteiger partial charge in [0.2, 0.25) is 0 Å². The van der Waals surface area contributed by atoms with E-state index in [2.05, 4.69) is 0 Å². The minimum atomic E-state index is -2.03. The molecular weight excluding hydrogens is 296 g/mol. The summed E-state index contributed by atoms with van der Waals surface area (Å²) in [7, 11) is 0. The van der Waals surface area contributed by atoms with Crippen molar-refractivity contribution >= 4 is 11.8 Å². The van der Waals surface area contributed by atoms with Crippen molar-refractivity contribution in [2.75, 3.05) is 6.61 Å². The molecule has 0 saturated carbocycles. The molecule has 0 aromatic carbocycles. The average Bonchev–Trinajstić information content (AvgIpc) is 2.47. The molecular formula is C14H26O8. The third-order valence-electron chi connectivity index (χ3n) is 3.47. The Kier molecular flexibility index (Phi) is 9.38. The van der Waals surface area contributed by atoms with Gasteiger partial charge in [-0.3, -0.25) is 9.59 Å². The van der Waals surface area contributed by atoms with Gasteiger partial charge in [-0.1, -0.05) is 20.3 Å². The maximum absolute atomic E-state index is 11.8. The Morgan fingerprint density at radius 1 is 0.955 bits per heavy atom. The number of hydrogen-bond acceptors (Lipinski definition) is 7. The number of hydrogen-bond donors (Lipinski definition) is 6. The molecule has 5 atom stereocenters. The van der Waals surface area contributed by atoms with Gasteiger partial charge in [0, 0.05) is 6.42 Å². The van der Waals surface area contributed by atoms with E-state index in [1.54, 1.807) is 0 Å². The van der Waals surface area contributed by atoms with E-state index in [1.807, 2.05) is 13.8 Å². The van der Waals surface area contributed by atoms with Gasteiger partial charge in [0.1, 0.15) is 24.4 Å². The highest BCUT2D eigenvalue weighted by atomic mass is 16.4. The minimum absolute atomic E-state index is 0.253. The molecule has 0 aliphatic carbocycles. The monoisotopic (exact) mass is 322 g/mol. The van der Waals surface area contributed by atoms with E-state index < -0.39 is 55.1 Å². The van der Waals surface area contributed by atoms with Crippen LogP contribution in [0.3, 0.4) is 0 Å². The van der Waals surface area contributed by atoms with Crippen molar-refractivity contribution in [1.29, 1.82) is 0 Å². The molecule has 0 heterocycles. The molecule has 0 aromatic rings. The van der Waals surface area contributed by atoms with Crippen molar-refractivity contribution in [2.24, 2.45) is 11.8 Å². The van der Waals surface area contributed by atoms with E-state index in [0.29, 0.717) is 6.42 Å². The molecule has 0 radical (unpaired) electrons. The Bertz CT molecular complexity index is 357. The van der Waals surface area contributed by atoms with Gasteiger partial charge in [-0.2, -0.15) is 0 Å². The molecule has 0 bridgehead atoms. The summed E-state index contributed by atoms with van der Waals surface area (Å²) in [5.74, 6) is -2.84. The number of carboxylic acid groups (broad SMARTS) is 1. The van der Waals surface area contributed by atoms with Gasteiger partial charge >= 0.3 is 5.97 Å². The zero-order valence-corrected chi connectivity index (χ0v) is 12.8. The van der Waals surface area contributed by atoms with Crippen LogP contribution >= 0.6 is 0 Å². The summed E-state index contributed by atoms with van der Waals surface area (Å²) < 4.78 is 0. The second kappa shape index (κ2) is 9.86. The van der Waals surface area contributed by atoms with Crippen LogP contribution in [-0.4, -0.2) is 73.4 Å². The molecule has 0 aliphatic rings. The first kappa shape index (κ1) is 20.9. The fourth-order valence-electron chi connectivity index (χ4n) is 1.92. The standard InChI is InChI=1S/C14H26O8/c1-7(2)3-4-8(14(21)22)5-9(16)11(18)13(20)12(19)10(17)6-15/h7-8,10-13,15,17-20H,3-6H2,1-2H3,(H,21,22)/t8-,10?,11?,12?,13?/m1/s1. The molecule has 0 rings (SSSR count). The van der Waals surface area contributed by atoms with E-state index in [0.717, 1.165) is 0 Å². The highest BCUT2D eigenvalue weighted by molar-refractivity contribution is 5.87. The molecule has 6 N–H and O–H groups in total. The lowest BCUT2D eigenvalue weighted by atomic mass is 9.90. The van der Waals surface area contributed by atoms with Crippen molar-refractivity contribution < 1.29 is 40.2 Å². The minimum Gasteiger partial charge on any atom is -0.481 e. The van der Waals surface area contributed by atoms with Gasteiger partial charge in [0.15, 0.2) is 5.78 Å². The third kappa shape index (κ3) is 6.80. The van der Waals surface area contributed by atoms with Crippen LogP contribution in [0, 0.1) is 11.8 Å². The first-order valence-corrected chi connectivity index (χ1v) is 7.20. The second-order valence-corrected chi connectivity index (χ2v) is 5.85. The molecule has 0 spiro atoms. The number of aliphatic carboxylic acids is 1. The number of aliphatic hydroxyl groups is 5. The van der Waals surface area contributed by atoms with Crippen molar-refractivity contribution in [3.63, 3.8) is 0 Å². The van der Waals surface area contributed by atoms with E-state index in [1.165, 1.54) is 0 Å². The van der Waals surface area contributed by atoms with Crippen molar-refractivity contribution in [1.82, 2.24) is 0 Å². The molecule has 130 valence electrons. The van der Waals surface area contributed by atoms with Gasteiger partial charge in [0.25, 0.3) is 0 Å². The lowest BCUT2D eigenvalue weighted by Gasteiger charge is -2.25.